The molecule has 20 heavy (non-hydrogen) atoms. The Bertz CT molecular complexity index is 398. The summed E-state index contributed by atoms with van der Waals surface area (Å²) in [5, 5.41) is 10.4. The van der Waals surface area contributed by atoms with Crippen LogP contribution < -0.4 is 4.74 Å². The number of rotatable bonds is 8. The highest BCUT2D eigenvalue weighted by Gasteiger charge is 2.29. The Balaban J connectivity index is 1.92. The highest BCUT2D eigenvalue weighted by atomic mass is 16.5. The number of nitrogens with zero attached hydrogens (tertiary/aromatic N) is 1. The normalized spacial score (nSPS) is 16.7. The zero-order valence-corrected chi connectivity index (χ0v) is 12.9. The molecule has 1 aromatic carbocycles. The monoisotopic (exact) mass is 277 g/mol. The molecule has 1 fully saturated rings. The van der Waals surface area contributed by atoms with E-state index in [9.17, 15) is 5.11 Å². The largest absolute Gasteiger partial charge is 0.491 e. The van der Waals surface area contributed by atoms with E-state index in [2.05, 4.69) is 11.8 Å². The molecule has 0 radical (unpaired) electrons. The van der Waals surface area contributed by atoms with E-state index in [-0.39, 0.29) is 6.10 Å². The van der Waals surface area contributed by atoms with Crippen LogP contribution in [0.15, 0.2) is 24.3 Å². The molecule has 2 rings (SSSR count). The lowest BCUT2D eigenvalue weighted by atomic mass is 10.1. The van der Waals surface area contributed by atoms with Crippen LogP contribution in [0.25, 0.3) is 0 Å². The third-order valence-electron chi connectivity index (χ3n) is 3.62. The molecule has 112 valence electrons. The van der Waals surface area contributed by atoms with Crippen LogP contribution in [0, 0.1) is 0 Å². The van der Waals surface area contributed by atoms with Gasteiger partial charge in [-0.05, 0) is 57.4 Å². The SMILES string of the molecule is CCCN(CC(O)c1ccc(OC(C)C)cc1)C1CC1. The molecule has 1 unspecified atom stereocenters. The summed E-state index contributed by atoms with van der Waals surface area (Å²) in [6.07, 6.45) is 3.49. The lowest BCUT2D eigenvalue weighted by Crippen LogP contribution is -2.31. The Labute approximate surface area is 122 Å². The maximum absolute atomic E-state index is 10.4. The van der Waals surface area contributed by atoms with E-state index in [4.69, 9.17) is 4.74 Å². The molecule has 1 atom stereocenters. The van der Waals surface area contributed by atoms with Gasteiger partial charge < -0.3 is 9.84 Å². The first-order valence-electron chi connectivity index (χ1n) is 7.79. The molecule has 0 aromatic heterocycles. The average molecular weight is 277 g/mol. The molecule has 3 nitrogen and oxygen atoms in total. The minimum absolute atomic E-state index is 0.181. The second-order valence-electron chi connectivity index (χ2n) is 5.98. The van der Waals surface area contributed by atoms with E-state index >= 15 is 0 Å². The van der Waals surface area contributed by atoms with Crippen molar-refractivity contribution in [3.63, 3.8) is 0 Å². The Morgan fingerprint density at radius 2 is 1.90 bits per heavy atom. The van der Waals surface area contributed by atoms with Crippen molar-refractivity contribution in [3.05, 3.63) is 29.8 Å². The second-order valence-corrected chi connectivity index (χ2v) is 5.98. The third kappa shape index (κ3) is 4.50. The number of ether oxygens (including phenoxy) is 1. The number of aliphatic hydroxyl groups is 1. The Hall–Kier alpha value is -1.06. The van der Waals surface area contributed by atoms with Crippen LogP contribution in [0.4, 0.5) is 0 Å². The predicted octanol–water partition coefficient (Wildman–Crippen LogP) is 3.38. The maximum Gasteiger partial charge on any atom is 0.119 e. The number of benzene rings is 1. The fraction of sp³-hybridized carbons (Fsp3) is 0.647. The molecule has 0 amide bonds. The predicted molar refractivity (Wildman–Crippen MR) is 82.1 cm³/mol. The van der Waals surface area contributed by atoms with Crippen molar-refractivity contribution >= 4 is 0 Å². The van der Waals surface area contributed by atoms with Gasteiger partial charge in [0.25, 0.3) is 0 Å². The van der Waals surface area contributed by atoms with Crippen molar-refractivity contribution in [2.45, 2.75) is 58.3 Å². The van der Waals surface area contributed by atoms with Crippen molar-refractivity contribution in [2.75, 3.05) is 13.1 Å². The van der Waals surface area contributed by atoms with Gasteiger partial charge in [0, 0.05) is 12.6 Å². The standard InChI is InChI=1S/C17H27NO2/c1-4-11-18(15-7-8-15)12-17(19)14-5-9-16(10-6-14)20-13(2)3/h5-6,9-10,13,15,17,19H,4,7-8,11-12H2,1-3H3. The Morgan fingerprint density at radius 1 is 1.25 bits per heavy atom. The molecular weight excluding hydrogens is 250 g/mol. The summed E-state index contributed by atoms with van der Waals surface area (Å²) in [5.74, 6) is 0.864. The zero-order valence-electron chi connectivity index (χ0n) is 12.9. The summed E-state index contributed by atoms with van der Waals surface area (Å²) in [4.78, 5) is 2.42. The zero-order chi connectivity index (χ0) is 14.5. The van der Waals surface area contributed by atoms with Crippen LogP contribution in [0.2, 0.25) is 0 Å². The second kappa shape index (κ2) is 7.09. The summed E-state index contributed by atoms with van der Waals surface area (Å²) < 4.78 is 5.62. The summed E-state index contributed by atoms with van der Waals surface area (Å²) in [7, 11) is 0. The number of hydrogen-bond donors (Lipinski definition) is 1. The summed E-state index contributed by atoms with van der Waals surface area (Å²) >= 11 is 0. The summed E-state index contributed by atoms with van der Waals surface area (Å²) in [6.45, 7) is 8.04. The third-order valence-corrected chi connectivity index (χ3v) is 3.62. The lowest BCUT2D eigenvalue weighted by Gasteiger charge is -2.24. The molecule has 1 saturated carbocycles. The van der Waals surface area contributed by atoms with Crippen LogP contribution in [0.1, 0.15) is 51.7 Å². The molecule has 0 saturated heterocycles. The molecular formula is C17H27NO2. The summed E-state index contributed by atoms with van der Waals surface area (Å²) in [6, 6.07) is 8.53. The van der Waals surface area contributed by atoms with E-state index in [1.54, 1.807) is 0 Å². The molecule has 1 aliphatic carbocycles. The van der Waals surface area contributed by atoms with E-state index in [0.29, 0.717) is 6.04 Å². The van der Waals surface area contributed by atoms with Crippen molar-refractivity contribution in [3.8, 4) is 5.75 Å². The van der Waals surface area contributed by atoms with Gasteiger partial charge in [-0.1, -0.05) is 19.1 Å². The van der Waals surface area contributed by atoms with Crippen molar-refractivity contribution < 1.29 is 9.84 Å². The van der Waals surface area contributed by atoms with Gasteiger partial charge in [0.05, 0.1) is 12.2 Å². The van der Waals surface area contributed by atoms with Crippen molar-refractivity contribution in [1.82, 2.24) is 4.90 Å². The van der Waals surface area contributed by atoms with Gasteiger partial charge in [0.2, 0.25) is 0 Å². The van der Waals surface area contributed by atoms with Crippen LogP contribution in [-0.4, -0.2) is 35.2 Å². The van der Waals surface area contributed by atoms with Gasteiger partial charge in [-0.25, -0.2) is 0 Å². The van der Waals surface area contributed by atoms with E-state index in [1.165, 1.54) is 12.8 Å². The number of hydrogen-bond acceptors (Lipinski definition) is 3. The Morgan fingerprint density at radius 3 is 2.40 bits per heavy atom. The molecule has 1 aliphatic rings. The van der Waals surface area contributed by atoms with Crippen molar-refractivity contribution in [1.29, 1.82) is 0 Å². The highest BCUT2D eigenvalue weighted by molar-refractivity contribution is 5.28. The van der Waals surface area contributed by atoms with Gasteiger partial charge in [-0.2, -0.15) is 0 Å². The molecule has 0 bridgehead atoms. The molecule has 3 heteroatoms. The fourth-order valence-electron chi connectivity index (χ4n) is 2.52. The minimum Gasteiger partial charge on any atom is -0.491 e. The Kier molecular flexibility index (Phi) is 5.44. The first kappa shape index (κ1) is 15.3. The lowest BCUT2D eigenvalue weighted by molar-refractivity contribution is 0.108. The maximum atomic E-state index is 10.4. The molecule has 0 heterocycles. The van der Waals surface area contributed by atoms with Crippen LogP contribution in [-0.2, 0) is 0 Å². The number of aliphatic hydroxyl groups excluding tert-OH is 1. The van der Waals surface area contributed by atoms with E-state index in [0.717, 1.165) is 30.8 Å². The van der Waals surface area contributed by atoms with Crippen LogP contribution in [0.5, 0.6) is 5.75 Å². The van der Waals surface area contributed by atoms with Gasteiger partial charge in [0.1, 0.15) is 5.75 Å². The summed E-state index contributed by atoms with van der Waals surface area (Å²) in [5.41, 5.74) is 0.975. The molecule has 1 aromatic rings. The molecule has 0 aliphatic heterocycles. The van der Waals surface area contributed by atoms with Crippen molar-refractivity contribution in [2.24, 2.45) is 0 Å². The van der Waals surface area contributed by atoms with Gasteiger partial charge in [-0.15, -0.1) is 0 Å². The minimum atomic E-state index is -0.407. The van der Waals surface area contributed by atoms with Crippen LogP contribution >= 0.6 is 0 Å². The van der Waals surface area contributed by atoms with Gasteiger partial charge in [0.15, 0.2) is 0 Å². The first-order chi connectivity index (χ1) is 9.60. The van der Waals surface area contributed by atoms with Crippen LogP contribution in [0.3, 0.4) is 0 Å². The molecule has 1 N–H and O–H groups in total. The fourth-order valence-corrected chi connectivity index (χ4v) is 2.52. The quantitative estimate of drug-likeness (QED) is 0.790. The highest BCUT2D eigenvalue weighted by Crippen LogP contribution is 2.29. The van der Waals surface area contributed by atoms with E-state index in [1.807, 2.05) is 38.1 Å². The molecule has 0 spiro atoms. The topological polar surface area (TPSA) is 32.7 Å². The van der Waals surface area contributed by atoms with E-state index < -0.39 is 6.10 Å². The smallest absolute Gasteiger partial charge is 0.119 e. The first-order valence-corrected chi connectivity index (χ1v) is 7.79. The van der Waals surface area contributed by atoms with Gasteiger partial charge >= 0.3 is 0 Å². The van der Waals surface area contributed by atoms with Gasteiger partial charge in [-0.3, -0.25) is 4.90 Å². The average Bonchev–Trinajstić information content (AvgIpc) is 3.22.